The molecule has 216 valence electrons. The molecule has 7 aromatic carbocycles. The minimum atomic E-state index is -2.35. The first-order chi connectivity index (χ1) is 23.4. The van der Waals surface area contributed by atoms with Crippen LogP contribution in [0.4, 0.5) is 34.1 Å². The van der Waals surface area contributed by atoms with Gasteiger partial charge in [0.2, 0.25) is 0 Å². The summed E-state index contributed by atoms with van der Waals surface area (Å²) in [6.07, 6.45) is 0. The van der Waals surface area contributed by atoms with Crippen LogP contribution in [0.25, 0.3) is 32.7 Å². The Kier molecular flexibility index (Phi) is 5.95. The number of halogens is 1. The van der Waals surface area contributed by atoms with Crippen molar-refractivity contribution in [2.24, 2.45) is 0 Å². The Morgan fingerprint density at radius 1 is 0.511 bits per heavy atom. The lowest BCUT2D eigenvalue weighted by atomic mass is 10.0. The molecule has 0 unspecified atom stereocenters. The molecule has 0 bridgehead atoms. The van der Waals surface area contributed by atoms with Crippen molar-refractivity contribution in [1.29, 1.82) is 0 Å². The van der Waals surface area contributed by atoms with Crippen molar-refractivity contribution in [3.63, 3.8) is 0 Å². The zero-order valence-corrected chi connectivity index (χ0v) is 24.9. The van der Waals surface area contributed by atoms with Crippen molar-refractivity contribution in [2.45, 2.75) is 6.85 Å². The highest BCUT2D eigenvalue weighted by atomic mass is 35.5. The molecule has 3 nitrogen and oxygen atoms in total. The van der Waals surface area contributed by atoms with Crippen molar-refractivity contribution in [1.82, 2.24) is 0 Å². The van der Waals surface area contributed by atoms with Gasteiger partial charge in [0, 0.05) is 31.9 Å². The van der Waals surface area contributed by atoms with E-state index >= 15 is 0 Å². The van der Waals surface area contributed by atoms with E-state index in [-0.39, 0.29) is 5.56 Å². The van der Waals surface area contributed by atoms with Gasteiger partial charge in [-0.1, -0.05) is 115 Å². The van der Waals surface area contributed by atoms with Crippen LogP contribution in [0.5, 0.6) is 0 Å². The van der Waals surface area contributed by atoms with E-state index in [9.17, 15) is 0 Å². The molecule has 0 aliphatic heterocycles. The Hall–Kier alpha value is -5.51. The predicted octanol–water partition coefficient (Wildman–Crippen LogP) is 12.6. The van der Waals surface area contributed by atoms with E-state index < -0.39 is 6.85 Å². The molecule has 0 N–H and O–H groups in total. The average Bonchev–Trinajstić information content (AvgIpc) is 3.51. The second-order valence-electron chi connectivity index (χ2n) is 10.9. The van der Waals surface area contributed by atoms with E-state index in [0.29, 0.717) is 16.2 Å². The summed E-state index contributed by atoms with van der Waals surface area (Å²) in [4.78, 5) is 4.30. The van der Waals surface area contributed by atoms with Gasteiger partial charge in [0.25, 0.3) is 0 Å². The van der Waals surface area contributed by atoms with Crippen LogP contribution in [0, 0.1) is 6.85 Å². The second-order valence-corrected chi connectivity index (χ2v) is 11.3. The molecule has 0 fully saturated rings. The van der Waals surface area contributed by atoms with E-state index in [1.54, 1.807) is 12.1 Å². The fourth-order valence-electron chi connectivity index (χ4n) is 6.21. The SMILES string of the molecule is [2H]C([2H])([2H])c1cccc2c1oc1c3ccccc3cc(N(c3ccccc3)c3cccc(N(c4ccccc4)c4ccccc4)c3Cl)c21. The molecule has 4 heteroatoms. The van der Waals surface area contributed by atoms with E-state index in [0.717, 1.165) is 55.7 Å². The molecule has 0 saturated carbocycles. The Morgan fingerprint density at radius 3 is 1.69 bits per heavy atom. The molecule has 0 atom stereocenters. The number of rotatable bonds is 6. The predicted molar refractivity (Wildman–Crippen MR) is 190 cm³/mol. The first kappa shape index (κ1) is 23.9. The number of benzene rings is 7. The fraction of sp³-hybridized carbons (Fsp3) is 0.0244. The van der Waals surface area contributed by atoms with Gasteiger partial charge in [-0.25, -0.2) is 0 Å². The van der Waals surface area contributed by atoms with Gasteiger partial charge in [0.15, 0.2) is 0 Å². The molecule has 8 aromatic rings. The third-order valence-electron chi connectivity index (χ3n) is 8.19. The number of fused-ring (bicyclic) bond motifs is 5. The summed E-state index contributed by atoms with van der Waals surface area (Å²) in [5.74, 6) is 0. The van der Waals surface area contributed by atoms with Crippen LogP contribution < -0.4 is 9.80 Å². The van der Waals surface area contributed by atoms with E-state index in [1.807, 2.05) is 115 Å². The number of anilines is 6. The molecule has 0 spiro atoms. The van der Waals surface area contributed by atoms with Crippen molar-refractivity contribution in [3.8, 4) is 0 Å². The Balaban J connectivity index is 1.45. The maximum atomic E-state index is 8.27. The molecule has 0 aliphatic rings. The summed E-state index contributed by atoms with van der Waals surface area (Å²) >= 11 is 7.56. The van der Waals surface area contributed by atoms with Crippen molar-refractivity contribution >= 4 is 78.4 Å². The molecule has 0 aliphatic carbocycles. The maximum absolute atomic E-state index is 8.27. The van der Waals surface area contributed by atoms with Crippen molar-refractivity contribution in [2.75, 3.05) is 9.80 Å². The summed E-state index contributed by atoms with van der Waals surface area (Å²) in [5, 5.41) is 3.94. The van der Waals surface area contributed by atoms with Gasteiger partial charge < -0.3 is 14.2 Å². The third-order valence-corrected chi connectivity index (χ3v) is 8.58. The largest absolute Gasteiger partial charge is 0.455 e. The zero-order chi connectivity index (χ0) is 32.8. The number of nitrogens with zero attached hydrogens (tertiary/aromatic N) is 2. The first-order valence-electron chi connectivity index (χ1n) is 16.3. The average molecular weight is 604 g/mol. The van der Waals surface area contributed by atoms with E-state index in [1.165, 1.54) is 0 Å². The highest BCUT2D eigenvalue weighted by Crippen LogP contribution is 2.50. The lowest BCUT2D eigenvalue weighted by Crippen LogP contribution is -2.14. The maximum Gasteiger partial charge on any atom is 0.145 e. The minimum absolute atomic E-state index is 0.180. The Morgan fingerprint density at radius 2 is 1.04 bits per heavy atom. The van der Waals surface area contributed by atoms with Gasteiger partial charge in [-0.3, -0.25) is 0 Å². The monoisotopic (exact) mass is 603 g/mol. The summed E-state index contributed by atoms with van der Waals surface area (Å²) in [7, 11) is 0. The van der Waals surface area contributed by atoms with Crippen LogP contribution in [-0.2, 0) is 0 Å². The van der Waals surface area contributed by atoms with Gasteiger partial charge in [0.1, 0.15) is 11.2 Å². The Labute approximate surface area is 271 Å². The van der Waals surface area contributed by atoms with Crippen LogP contribution in [0.3, 0.4) is 0 Å². The topological polar surface area (TPSA) is 19.6 Å². The summed E-state index contributed by atoms with van der Waals surface area (Å²) in [6, 6.07) is 52.0. The summed E-state index contributed by atoms with van der Waals surface area (Å²) < 4.78 is 31.4. The van der Waals surface area contributed by atoms with Crippen LogP contribution in [-0.4, -0.2) is 0 Å². The fourth-order valence-corrected chi connectivity index (χ4v) is 6.50. The second kappa shape index (κ2) is 11.2. The summed E-state index contributed by atoms with van der Waals surface area (Å²) in [6.45, 7) is -2.35. The van der Waals surface area contributed by atoms with Crippen LogP contribution >= 0.6 is 11.6 Å². The molecule has 8 rings (SSSR count). The number of hydrogen-bond donors (Lipinski definition) is 0. The highest BCUT2D eigenvalue weighted by Gasteiger charge is 2.26. The molecule has 0 radical (unpaired) electrons. The molecular formula is C41H29ClN2O. The molecule has 1 heterocycles. The van der Waals surface area contributed by atoms with E-state index in [4.69, 9.17) is 20.1 Å². The lowest BCUT2D eigenvalue weighted by molar-refractivity contribution is 0.669. The van der Waals surface area contributed by atoms with Gasteiger partial charge in [-0.15, -0.1) is 0 Å². The quantitative estimate of drug-likeness (QED) is 0.188. The highest BCUT2D eigenvalue weighted by molar-refractivity contribution is 6.37. The van der Waals surface area contributed by atoms with Crippen molar-refractivity contribution < 1.29 is 8.53 Å². The zero-order valence-electron chi connectivity index (χ0n) is 27.2. The van der Waals surface area contributed by atoms with Gasteiger partial charge >= 0.3 is 0 Å². The van der Waals surface area contributed by atoms with Gasteiger partial charge in [-0.05, 0) is 72.4 Å². The molecule has 0 amide bonds. The standard InChI is InChI=1S/C41H29ClN2O/c1-28-15-13-24-34-38-37(27-29-16-11-12-23-33(29)41(38)45-40(28)34)44(32-21-9-4-10-22-32)36-26-14-25-35(39(36)42)43(30-17-5-2-6-18-30)31-19-7-3-8-20-31/h2-27H,1H3/i1D3. The molecule has 0 saturated heterocycles. The molecule has 1 aromatic heterocycles. The lowest BCUT2D eigenvalue weighted by Gasteiger charge is -2.31. The number of furan rings is 1. The Bertz CT molecular complexity index is 2370. The van der Waals surface area contributed by atoms with Crippen LogP contribution in [0.1, 0.15) is 9.68 Å². The third kappa shape index (κ3) is 4.61. The number of hydrogen-bond acceptors (Lipinski definition) is 3. The molecule has 45 heavy (non-hydrogen) atoms. The number of aryl methyl sites for hydroxylation is 1. The van der Waals surface area contributed by atoms with Crippen LogP contribution in [0.2, 0.25) is 5.02 Å². The van der Waals surface area contributed by atoms with Crippen LogP contribution in [0.15, 0.2) is 162 Å². The minimum Gasteiger partial charge on any atom is -0.455 e. The van der Waals surface area contributed by atoms with Gasteiger partial charge in [-0.2, -0.15) is 0 Å². The molecular weight excluding hydrogens is 572 g/mol. The normalized spacial score (nSPS) is 12.6. The first-order valence-corrected chi connectivity index (χ1v) is 15.2. The van der Waals surface area contributed by atoms with E-state index in [2.05, 4.69) is 40.1 Å². The summed E-state index contributed by atoms with van der Waals surface area (Å²) in [5.41, 5.74) is 6.39. The van der Waals surface area contributed by atoms with Gasteiger partial charge in [0.05, 0.1) is 27.5 Å². The van der Waals surface area contributed by atoms with Crippen molar-refractivity contribution in [3.05, 3.63) is 168 Å². The smallest absolute Gasteiger partial charge is 0.145 e. The number of para-hydroxylation sites is 4.